The number of benzene rings is 4. The van der Waals surface area contributed by atoms with Crippen LogP contribution in [-0.2, 0) is 6.18 Å². The first-order chi connectivity index (χ1) is 16.0. The van der Waals surface area contributed by atoms with Crippen molar-refractivity contribution in [1.29, 1.82) is 0 Å². The molecule has 0 unspecified atom stereocenters. The molecule has 0 saturated heterocycles. The molecule has 0 radical (unpaired) electrons. The molecule has 0 spiro atoms. The molecular formula is C28H22F4O2. The summed E-state index contributed by atoms with van der Waals surface area (Å²) in [6, 6.07) is 15.9. The van der Waals surface area contributed by atoms with Gasteiger partial charge < -0.3 is 4.74 Å². The summed E-state index contributed by atoms with van der Waals surface area (Å²) in [5, 5.41) is -0.152. The van der Waals surface area contributed by atoms with E-state index in [0.717, 1.165) is 35.2 Å². The van der Waals surface area contributed by atoms with Crippen LogP contribution in [0.2, 0.25) is 0 Å². The number of carbonyl (C=O) groups is 1. The van der Waals surface area contributed by atoms with E-state index in [-0.39, 0.29) is 22.1 Å². The zero-order valence-corrected chi connectivity index (χ0v) is 19.1. The maximum absolute atomic E-state index is 14.1. The molecule has 174 valence electrons. The summed E-state index contributed by atoms with van der Waals surface area (Å²) >= 11 is 0. The number of alkyl halides is 3. The van der Waals surface area contributed by atoms with Gasteiger partial charge in [-0.3, -0.25) is 0 Å². The molecule has 4 aromatic carbocycles. The van der Waals surface area contributed by atoms with Crippen molar-refractivity contribution in [2.24, 2.45) is 0 Å². The number of halogens is 4. The summed E-state index contributed by atoms with van der Waals surface area (Å²) in [6.45, 7) is 7.20. The Kier molecular flexibility index (Phi) is 5.94. The zero-order chi connectivity index (χ0) is 24.8. The number of rotatable bonds is 3. The Balaban J connectivity index is 1.62. The van der Waals surface area contributed by atoms with Gasteiger partial charge in [0, 0.05) is 0 Å². The van der Waals surface area contributed by atoms with Crippen molar-refractivity contribution in [1.82, 2.24) is 0 Å². The van der Waals surface area contributed by atoms with Crippen molar-refractivity contribution in [3.05, 3.63) is 99.9 Å². The normalized spacial score (nSPS) is 11.6. The van der Waals surface area contributed by atoms with Crippen molar-refractivity contribution in [3.63, 3.8) is 0 Å². The molecule has 4 rings (SSSR count). The van der Waals surface area contributed by atoms with Gasteiger partial charge >= 0.3 is 12.1 Å². The average Bonchev–Trinajstić information content (AvgIpc) is 2.73. The first-order valence-electron chi connectivity index (χ1n) is 10.7. The molecule has 0 bridgehead atoms. The third-order valence-corrected chi connectivity index (χ3v) is 5.89. The van der Waals surface area contributed by atoms with E-state index in [4.69, 9.17) is 4.74 Å². The summed E-state index contributed by atoms with van der Waals surface area (Å²) in [5.41, 5.74) is 4.28. The van der Waals surface area contributed by atoms with Crippen LogP contribution < -0.4 is 4.74 Å². The van der Waals surface area contributed by atoms with Gasteiger partial charge in [-0.15, -0.1) is 0 Å². The minimum atomic E-state index is -4.71. The Hall–Kier alpha value is -3.67. The number of hydrogen-bond donors (Lipinski definition) is 0. The lowest BCUT2D eigenvalue weighted by molar-refractivity contribution is -0.136. The third kappa shape index (κ3) is 4.40. The van der Waals surface area contributed by atoms with Gasteiger partial charge in [0.15, 0.2) is 0 Å². The van der Waals surface area contributed by atoms with Gasteiger partial charge in [0.25, 0.3) is 0 Å². The molecule has 2 nitrogen and oxygen atoms in total. The summed E-state index contributed by atoms with van der Waals surface area (Å²) in [6.07, 6.45) is -4.71. The topological polar surface area (TPSA) is 26.3 Å². The van der Waals surface area contributed by atoms with Gasteiger partial charge in [-0.25, -0.2) is 9.18 Å². The molecule has 0 amide bonds. The first kappa shape index (κ1) is 23.5. The molecule has 0 aliphatic rings. The second kappa shape index (κ2) is 8.60. The van der Waals surface area contributed by atoms with E-state index in [2.05, 4.69) is 12.1 Å². The Bertz CT molecular complexity index is 1390. The fraction of sp³-hybridized carbons (Fsp3) is 0.179. The summed E-state index contributed by atoms with van der Waals surface area (Å²) in [5.74, 6) is -1.60. The van der Waals surface area contributed by atoms with Gasteiger partial charge in [0.05, 0.1) is 11.1 Å². The van der Waals surface area contributed by atoms with E-state index < -0.39 is 29.1 Å². The average molecular weight is 466 g/mol. The highest BCUT2D eigenvalue weighted by Gasteiger charge is 2.35. The Morgan fingerprint density at radius 3 is 2.03 bits per heavy atom. The maximum Gasteiger partial charge on any atom is 0.417 e. The molecule has 0 atom stereocenters. The van der Waals surface area contributed by atoms with Crippen LogP contribution in [0.15, 0.2) is 60.7 Å². The van der Waals surface area contributed by atoms with Crippen molar-refractivity contribution in [3.8, 4) is 16.9 Å². The number of aryl methyl sites for hydroxylation is 3. The van der Waals surface area contributed by atoms with E-state index in [9.17, 15) is 22.4 Å². The molecule has 6 heteroatoms. The molecule has 0 saturated carbocycles. The van der Waals surface area contributed by atoms with Crippen LogP contribution in [-0.4, -0.2) is 5.97 Å². The molecular weight excluding hydrogens is 444 g/mol. The van der Waals surface area contributed by atoms with Crippen LogP contribution in [0.1, 0.15) is 38.2 Å². The number of carbonyl (C=O) groups excluding carboxylic acids is 1. The maximum atomic E-state index is 14.1. The molecule has 0 aliphatic carbocycles. The lowest BCUT2D eigenvalue weighted by atomic mass is 9.93. The molecule has 0 aromatic heterocycles. The molecule has 0 N–H and O–H groups in total. The molecule has 0 heterocycles. The zero-order valence-electron chi connectivity index (χ0n) is 19.1. The molecule has 34 heavy (non-hydrogen) atoms. The van der Waals surface area contributed by atoms with Crippen molar-refractivity contribution < 1.29 is 27.1 Å². The smallest absolute Gasteiger partial charge is 0.417 e. The van der Waals surface area contributed by atoms with Gasteiger partial charge in [-0.2, -0.15) is 13.2 Å². The van der Waals surface area contributed by atoms with Crippen molar-refractivity contribution in [2.45, 2.75) is 33.9 Å². The van der Waals surface area contributed by atoms with Gasteiger partial charge in [-0.1, -0.05) is 35.9 Å². The fourth-order valence-electron chi connectivity index (χ4n) is 4.46. The van der Waals surface area contributed by atoms with E-state index in [0.29, 0.717) is 0 Å². The first-order valence-corrected chi connectivity index (χ1v) is 10.7. The van der Waals surface area contributed by atoms with Crippen LogP contribution in [0, 0.1) is 33.5 Å². The van der Waals surface area contributed by atoms with Crippen LogP contribution in [0.25, 0.3) is 21.9 Å². The highest BCUT2D eigenvalue weighted by Crippen LogP contribution is 2.39. The number of fused-ring (bicyclic) bond motifs is 1. The Morgan fingerprint density at radius 1 is 0.824 bits per heavy atom. The predicted octanol–water partition coefficient (Wildman–Crippen LogP) is 8.12. The van der Waals surface area contributed by atoms with Crippen LogP contribution in [0.5, 0.6) is 5.75 Å². The van der Waals surface area contributed by atoms with Gasteiger partial charge in [0.1, 0.15) is 11.6 Å². The summed E-state index contributed by atoms with van der Waals surface area (Å²) in [7, 11) is 0. The lowest BCUT2D eigenvalue weighted by Gasteiger charge is -2.15. The molecule has 0 aliphatic heterocycles. The standard InChI is InChI=1S/C28H22F4O2/c1-15-11-16(2)25(17(3)12-15)19-5-7-20(8-6-19)27(33)34-22-9-10-23-21(13-22)14-24(29)18(4)26(23)28(30,31)32/h5-14H,1-4H3. The minimum absolute atomic E-state index is 0.00129. The lowest BCUT2D eigenvalue weighted by Crippen LogP contribution is -2.11. The third-order valence-electron chi connectivity index (χ3n) is 5.89. The fourth-order valence-corrected chi connectivity index (χ4v) is 4.46. The Morgan fingerprint density at radius 2 is 1.44 bits per heavy atom. The summed E-state index contributed by atoms with van der Waals surface area (Å²) < 4.78 is 59.9. The van der Waals surface area contributed by atoms with Crippen molar-refractivity contribution >= 4 is 16.7 Å². The van der Waals surface area contributed by atoms with Gasteiger partial charge in [0.2, 0.25) is 0 Å². The minimum Gasteiger partial charge on any atom is -0.423 e. The predicted molar refractivity (Wildman–Crippen MR) is 125 cm³/mol. The molecule has 0 fully saturated rings. The van der Waals surface area contributed by atoms with E-state index >= 15 is 0 Å². The van der Waals surface area contributed by atoms with E-state index in [1.807, 2.05) is 32.9 Å². The summed E-state index contributed by atoms with van der Waals surface area (Å²) in [4.78, 5) is 12.6. The number of ether oxygens (including phenoxy) is 1. The monoisotopic (exact) mass is 466 g/mol. The molecule has 4 aromatic rings. The van der Waals surface area contributed by atoms with Crippen LogP contribution >= 0.6 is 0 Å². The second-order valence-corrected chi connectivity index (χ2v) is 8.48. The van der Waals surface area contributed by atoms with Crippen LogP contribution in [0.4, 0.5) is 17.6 Å². The number of esters is 1. The van der Waals surface area contributed by atoms with E-state index in [1.165, 1.54) is 23.8 Å². The quantitative estimate of drug-likeness (QED) is 0.173. The Labute approximate surface area is 194 Å². The second-order valence-electron chi connectivity index (χ2n) is 8.48. The number of hydrogen-bond acceptors (Lipinski definition) is 2. The van der Waals surface area contributed by atoms with Gasteiger partial charge in [-0.05, 0) is 96.6 Å². The SMILES string of the molecule is Cc1cc(C)c(-c2ccc(C(=O)Oc3ccc4c(C(F)(F)F)c(C)c(F)cc4c3)cc2)c(C)c1. The van der Waals surface area contributed by atoms with E-state index in [1.54, 1.807) is 12.1 Å². The van der Waals surface area contributed by atoms with Crippen LogP contribution in [0.3, 0.4) is 0 Å². The largest absolute Gasteiger partial charge is 0.423 e. The highest BCUT2D eigenvalue weighted by molar-refractivity contribution is 5.93. The highest BCUT2D eigenvalue weighted by atomic mass is 19.4. The van der Waals surface area contributed by atoms with Crippen molar-refractivity contribution in [2.75, 3.05) is 0 Å².